The van der Waals surface area contributed by atoms with E-state index in [4.69, 9.17) is 0 Å². The molecule has 0 atom stereocenters. The van der Waals surface area contributed by atoms with E-state index in [0.717, 1.165) is 16.7 Å². The van der Waals surface area contributed by atoms with Crippen molar-refractivity contribution in [3.05, 3.63) is 107 Å². The summed E-state index contributed by atoms with van der Waals surface area (Å²) < 4.78 is 0. The summed E-state index contributed by atoms with van der Waals surface area (Å²) in [6.45, 7) is 4.30. The Morgan fingerprint density at radius 2 is 1.19 bits per heavy atom. The number of hydrogen-bond acceptors (Lipinski definition) is 2. The molecule has 1 heterocycles. The first-order valence-corrected chi connectivity index (χ1v) is 10.9. The predicted octanol–water partition coefficient (Wildman–Crippen LogP) is 4.50. The van der Waals surface area contributed by atoms with Gasteiger partial charge in [-0.2, -0.15) is 0 Å². The number of aryl methyl sites for hydroxylation is 1. The molecule has 3 aromatic rings. The summed E-state index contributed by atoms with van der Waals surface area (Å²) in [6.07, 6.45) is 0.430. The van der Waals surface area contributed by atoms with Crippen LogP contribution < -0.4 is 0 Å². The Morgan fingerprint density at radius 1 is 0.710 bits per heavy atom. The van der Waals surface area contributed by atoms with Gasteiger partial charge < -0.3 is 9.80 Å². The zero-order chi connectivity index (χ0) is 21.6. The minimum Gasteiger partial charge on any atom is -0.339 e. The maximum absolute atomic E-state index is 13.2. The van der Waals surface area contributed by atoms with Crippen molar-refractivity contribution in [2.24, 2.45) is 0 Å². The molecule has 31 heavy (non-hydrogen) atoms. The molecule has 1 fully saturated rings. The molecular weight excluding hydrogens is 384 g/mol. The van der Waals surface area contributed by atoms with Gasteiger partial charge in [0.05, 0.1) is 0 Å². The molecule has 158 valence electrons. The summed E-state index contributed by atoms with van der Waals surface area (Å²) in [6, 6.07) is 28.1. The number of piperazine rings is 1. The number of benzene rings is 3. The second-order valence-corrected chi connectivity index (χ2v) is 8.12. The van der Waals surface area contributed by atoms with E-state index < -0.39 is 0 Å². The van der Waals surface area contributed by atoms with Crippen LogP contribution in [-0.4, -0.2) is 47.8 Å². The van der Waals surface area contributed by atoms with Crippen molar-refractivity contribution in [1.29, 1.82) is 0 Å². The van der Waals surface area contributed by atoms with E-state index in [0.29, 0.717) is 38.2 Å². The van der Waals surface area contributed by atoms with Crippen molar-refractivity contribution in [3.8, 4) is 0 Å². The van der Waals surface area contributed by atoms with Crippen LogP contribution in [0, 0.1) is 6.92 Å². The average Bonchev–Trinajstić information content (AvgIpc) is 2.83. The van der Waals surface area contributed by atoms with Crippen LogP contribution in [0.3, 0.4) is 0 Å². The Balaban J connectivity index is 1.40. The zero-order valence-electron chi connectivity index (χ0n) is 17.9. The second-order valence-electron chi connectivity index (χ2n) is 8.12. The van der Waals surface area contributed by atoms with Crippen LogP contribution in [0.4, 0.5) is 0 Å². The van der Waals surface area contributed by atoms with Gasteiger partial charge in [-0.3, -0.25) is 9.59 Å². The largest absolute Gasteiger partial charge is 0.339 e. The molecule has 0 bridgehead atoms. The lowest BCUT2D eigenvalue weighted by Gasteiger charge is -2.35. The number of carbonyl (C=O) groups is 2. The molecule has 4 nitrogen and oxygen atoms in total. The number of rotatable bonds is 5. The molecule has 1 aliphatic rings. The lowest BCUT2D eigenvalue weighted by molar-refractivity contribution is -0.132. The van der Waals surface area contributed by atoms with Gasteiger partial charge in [0.1, 0.15) is 0 Å². The summed E-state index contributed by atoms with van der Waals surface area (Å²) in [5.74, 6) is 0.209. The summed E-state index contributed by atoms with van der Waals surface area (Å²) in [5, 5.41) is 0. The number of hydrogen-bond donors (Lipinski definition) is 0. The highest BCUT2D eigenvalue weighted by Crippen LogP contribution is 2.28. The van der Waals surface area contributed by atoms with Crippen molar-refractivity contribution in [2.45, 2.75) is 19.3 Å². The van der Waals surface area contributed by atoms with Crippen molar-refractivity contribution in [1.82, 2.24) is 9.80 Å². The van der Waals surface area contributed by atoms with Crippen LogP contribution in [0.15, 0.2) is 84.9 Å². The molecule has 0 aliphatic carbocycles. The molecule has 0 N–H and O–H groups in total. The van der Waals surface area contributed by atoms with Crippen molar-refractivity contribution in [3.63, 3.8) is 0 Å². The van der Waals surface area contributed by atoms with Crippen molar-refractivity contribution in [2.75, 3.05) is 26.2 Å². The second kappa shape index (κ2) is 9.61. The highest BCUT2D eigenvalue weighted by molar-refractivity contribution is 5.94. The minimum absolute atomic E-state index is 0.0297. The van der Waals surface area contributed by atoms with Gasteiger partial charge in [-0.1, -0.05) is 78.4 Å². The molecule has 2 amide bonds. The molecule has 3 aromatic carbocycles. The molecule has 1 aliphatic heterocycles. The van der Waals surface area contributed by atoms with Crippen LogP contribution >= 0.6 is 0 Å². The Labute approximate surface area is 184 Å². The fourth-order valence-electron chi connectivity index (χ4n) is 4.14. The fourth-order valence-corrected chi connectivity index (χ4v) is 4.14. The third-order valence-electron chi connectivity index (χ3n) is 6.00. The number of carbonyl (C=O) groups excluding carboxylic acids is 2. The van der Waals surface area contributed by atoms with Gasteiger partial charge in [-0.25, -0.2) is 0 Å². The highest BCUT2D eigenvalue weighted by atomic mass is 16.2. The maximum atomic E-state index is 13.2. The SMILES string of the molecule is Cc1ccc(C(=O)N2CCN(C(=O)CC(c3ccccc3)c3ccccc3)CC2)cc1. The molecular formula is C27H28N2O2. The van der Waals surface area contributed by atoms with Crippen LogP contribution in [0.25, 0.3) is 0 Å². The molecule has 1 saturated heterocycles. The molecule has 0 spiro atoms. The van der Waals surface area contributed by atoms with E-state index in [-0.39, 0.29) is 17.7 Å². The van der Waals surface area contributed by atoms with Crippen molar-refractivity contribution >= 4 is 11.8 Å². The van der Waals surface area contributed by atoms with Gasteiger partial charge in [0.15, 0.2) is 0 Å². The molecule has 0 aromatic heterocycles. The lowest BCUT2D eigenvalue weighted by atomic mass is 9.88. The number of amides is 2. The normalized spacial score (nSPS) is 14.0. The summed E-state index contributed by atoms with van der Waals surface area (Å²) in [4.78, 5) is 29.7. The topological polar surface area (TPSA) is 40.6 Å². The monoisotopic (exact) mass is 412 g/mol. The molecule has 4 heteroatoms. The van der Waals surface area contributed by atoms with Gasteiger partial charge >= 0.3 is 0 Å². The van der Waals surface area contributed by atoms with E-state index >= 15 is 0 Å². The van der Waals surface area contributed by atoms with E-state index in [1.807, 2.05) is 77.4 Å². The van der Waals surface area contributed by atoms with Crippen LogP contribution in [0.5, 0.6) is 0 Å². The standard InChI is InChI=1S/C27H28N2O2/c1-21-12-14-24(15-13-21)27(31)29-18-16-28(17-19-29)26(30)20-25(22-8-4-2-5-9-22)23-10-6-3-7-11-23/h2-15,25H,16-20H2,1H3. The Bertz CT molecular complexity index is 969. The first kappa shape index (κ1) is 20.9. The van der Waals surface area contributed by atoms with E-state index in [1.54, 1.807) is 0 Å². The Morgan fingerprint density at radius 3 is 1.71 bits per heavy atom. The average molecular weight is 413 g/mol. The molecule has 0 unspecified atom stereocenters. The predicted molar refractivity (Wildman–Crippen MR) is 123 cm³/mol. The van der Waals surface area contributed by atoms with Gasteiger partial charge in [0.25, 0.3) is 5.91 Å². The first-order chi connectivity index (χ1) is 15.1. The van der Waals surface area contributed by atoms with E-state index in [1.165, 1.54) is 0 Å². The third kappa shape index (κ3) is 5.02. The zero-order valence-corrected chi connectivity index (χ0v) is 17.9. The van der Waals surface area contributed by atoms with Crippen LogP contribution in [0.1, 0.15) is 39.4 Å². The highest BCUT2D eigenvalue weighted by Gasteiger charge is 2.27. The number of nitrogens with zero attached hydrogens (tertiary/aromatic N) is 2. The Hall–Kier alpha value is -3.40. The van der Waals surface area contributed by atoms with Gasteiger partial charge in [-0.15, -0.1) is 0 Å². The molecule has 4 rings (SSSR count). The fraction of sp³-hybridized carbons (Fsp3) is 0.259. The van der Waals surface area contributed by atoms with Gasteiger partial charge in [0, 0.05) is 44.1 Å². The van der Waals surface area contributed by atoms with E-state index in [2.05, 4.69) is 24.3 Å². The van der Waals surface area contributed by atoms with Gasteiger partial charge in [0.2, 0.25) is 5.91 Å². The summed E-state index contributed by atoms with van der Waals surface area (Å²) in [5.41, 5.74) is 4.14. The van der Waals surface area contributed by atoms with Crippen LogP contribution in [0.2, 0.25) is 0 Å². The van der Waals surface area contributed by atoms with Crippen molar-refractivity contribution < 1.29 is 9.59 Å². The Kier molecular flexibility index (Phi) is 6.46. The maximum Gasteiger partial charge on any atom is 0.253 e. The smallest absolute Gasteiger partial charge is 0.253 e. The first-order valence-electron chi connectivity index (χ1n) is 10.9. The molecule has 0 saturated carbocycles. The van der Waals surface area contributed by atoms with Gasteiger partial charge in [-0.05, 0) is 30.2 Å². The quantitative estimate of drug-likeness (QED) is 0.619. The molecule has 0 radical (unpaired) electrons. The minimum atomic E-state index is 0.0297. The van der Waals surface area contributed by atoms with Crippen LogP contribution in [-0.2, 0) is 4.79 Å². The summed E-state index contributed by atoms with van der Waals surface area (Å²) >= 11 is 0. The lowest BCUT2D eigenvalue weighted by Crippen LogP contribution is -2.50. The summed E-state index contributed by atoms with van der Waals surface area (Å²) in [7, 11) is 0. The van der Waals surface area contributed by atoms with E-state index in [9.17, 15) is 9.59 Å². The third-order valence-corrected chi connectivity index (χ3v) is 6.00.